The second kappa shape index (κ2) is 5.68. The number of hydrogen-bond acceptors (Lipinski definition) is 2. The smallest absolute Gasteiger partial charge is 0.326 e. The minimum atomic E-state index is -0.903. The lowest BCUT2D eigenvalue weighted by molar-refractivity contribution is -0.141. The predicted molar refractivity (Wildman–Crippen MR) is 79.4 cm³/mol. The van der Waals surface area contributed by atoms with Crippen molar-refractivity contribution in [1.29, 1.82) is 0 Å². The van der Waals surface area contributed by atoms with Crippen LogP contribution in [0.3, 0.4) is 0 Å². The van der Waals surface area contributed by atoms with E-state index in [0.717, 1.165) is 25.7 Å². The van der Waals surface area contributed by atoms with Crippen LogP contribution in [-0.4, -0.2) is 34.0 Å². The maximum atomic E-state index is 12.8. The Balaban J connectivity index is 1.92. The SMILES string of the molecule is O=C(O)[C@@H]1C[C@@H]2CCCC[C@@H]2N1C(=O)c1cccc(Cl)c1. The van der Waals surface area contributed by atoms with Crippen molar-refractivity contribution in [1.82, 2.24) is 4.90 Å². The highest BCUT2D eigenvalue weighted by atomic mass is 35.5. The summed E-state index contributed by atoms with van der Waals surface area (Å²) in [6, 6.07) is 6.10. The van der Waals surface area contributed by atoms with E-state index in [1.54, 1.807) is 29.2 Å². The Morgan fingerprint density at radius 3 is 2.71 bits per heavy atom. The van der Waals surface area contributed by atoms with E-state index < -0.39 is 12.0 Å². The van der Waals surface area contributed by atoms with Gasteiger partial charge in [-0.25, -0.2) is 4.79 Å². The molecule has 3 rings (SSSR count). The van der Waals surface area contributed by atoms with Crippen LogP contribution in [0, 0.1) is 5.92 Å². The fourth-order valence-electron chi connectivity index (χ4n) is 3.74. The third kappa shape index (κ3) is 2.64. The molecule has 1 aliphatic carbocycles. The van der Waals surface area contributed by atoms with Gasteiger partial charge in [0.25, 0.3) is 5.91 Å². The second-order valence-corrected chi connectivity index (χ2v) is 6.36. The summed E-state index contributed by atoms with van der Waals surface area (Å²) < 4.78 is 0. The van der Waals surface area contributed by atoms with Gasteiger partial charge in [-0.3, -0.25) is 4.79 Å². The molecule has 21 heavy (non-hydrogen) atoms. The van der Waals surface area contributed by atoms with E-state index in [1.165, 1.54) is 0 Å². The van der Waals surface area contributed by atoms with E-state index in [-0.39, 0.29) is 11.9 Å². The molecular formula is C16H18ClNO3. The van der Waals surface area contributed by atoms with Gasteiger partial charge in [-0.05, 0) is 43.4 Å². The van der Waals surface area contributed by atoms with Crippen LogP contribution in [0.5, 0.6) is 0 Å². The van der Waals surface area contributed by atoms with E-state index in [1.807, 2.05) is 0 Å². The van der Waals surface area contributed by atoms with Crippen molar-refractivity contribution in [3.8, 4) is 0 Å². The van der Waals surface area contributed by atoms with Crippen molar-refractivity contribution in [2.24, 2.45) is 5.92 Å². The summed E-state index contributed by atoms with van der Waals surface area (Å²) in [5, 5.41) is 9.95. The van der Waals surface area contributed by atoms with Gasteiger partial charge < -0.3 is 10.0 Å². The molecule has 3 atom stereocenters. The maximum absolute atomic E-state index is 12.8. The first-order chi connectivity index (χ1) is 10.1. The van der Waals surface area contributed by atoms with Gasteiger partial charge in [-0.15, -0.1) is 0 Å². The van der Waals surface area contributed by atoms with Gasteiger partial charge in [0.1, 0.15) is 6.04 Å². The average molecular weight is 308 g/mol. The summed E-state index contributed by atoms with van der Waals surface area (Å²) in [7, 11) is 0. The lowest BCUT2D eigenvalue weighted by Gasteiger charge is -2.33. The van der Waals surface area contributed by atoms with Crippen molar-refractivity contribution >= 4 is 23.5 Å². The van der Waals surface area contributed by atoms with Crippen LogP contribution in [-0.2, 0) is 4.79 Å². The number of benzene rings is 1. The van der Waals surface area contributed by atoms with Crippen LogP contribution in [0.2, 0.25) is 5.02 Å². The van der Waals surface area contributed by atoms with Gasteiger partial charge in [0.2, 0.25) is 0 Å². The molecule has 1 heterocycles. The molecule has 1 saturated carbocycles. The van der Waals surface area contributed by atoms with Gasteiger partial charge >= 0.3 is 5.97 Å². The molecule has 1 aromatic rings. The highest BCUT2D eigenvalue weighted by Crippen LogP contribution is 2.40. The molecule has 2 aliphatic rings. The molecule has 0 radical (unpaired) electrons. The largest absolute Gasteiger partial charge is 0.480 e. The van der Waals surface area contributed by atoms with Gasteiger partial charge in [0.05, 0.1) is 0 Å². The minimum absolute atomic E-state index is 0.0614. The van der Waals surface area contributed by atoms with Crippen molar-refractivity contribution in [3.05, 3.63) is 34.9 Å². The standard InChI is InChI=1S/C16H18ClNO3/c17-12-6-3-5-11(8-12)15(19)18-13-7-2-1-4-10(13)9-14(18)16(20)21/h3,5-6,8,10,13-14H,1-2,4,7,9H2,(H,20,21)/t10-,13-,14-/m0/s1. The summed E-state index contributed by atoms with van der Waals surface area (Å²) in [5.74, 6) is -0.790. The first kappa shape index (κ1) is 14.4. The fourth-order valence-corrected chi connectivity index (χ4v) is 3.93. The molecular weight excluding hydrogens is 290 g/mol. The van der Waals surface area contributed by atoms with E-state index in [0.29, 0.717) is 22.9 Å². The van der Waals surface area contributed by atoms with Gasteiger partial charge in [0.15, 0.2) is 0 Å². The first-order valence-corrected chi connectivity index (χ1v) is 7.77. The minimum Gasteiger partial charge on any atom is -0.480 e. The molecule has 0 bridgehead atoms. The third-order valence-corrected chi connectivity index (χ3v) is 4.91. The predicted octanol–water partition coefficient (Wildman–Crippen LogP) is 3.20. The highest BCUT2D eigenvalue weighted by molar-refractivity contribution is 6.31. The topological polar surface area (TPSA) is 57.6 Å². The summed E-state index contributed by atoms with van der Waals surface area (Å²) in [4.78, 5) is 25.9. The quantitative estimate of drug-likeness (QED) is 0.913. The van der Waals surface area contributed by atoms with Crippen LogP contribution in [0.4, 0.5) is 0 Å². The number of fused-ring (bicyclic) bond motifs is 1. The summed E-state index contributed by atoms with van der Waals surface area (Å²) in [5.41, 5.74) is 0.472. The number of halogens is 1. The molecule has 4 nitrogen and oxygen atoms in total. The molecule has 0 unspecified atom stereocenters. The molecule has 112 valence electrons. The number of nitrogens with zero attached hydrogens (tertiary/aromatic N) is 1. The van der Waals surface area contributed by atoms with E-state index in [9.17, 15) is 14.7 Å². The number of carboxylic acids is 1. The molecule has 5 heteroatoms. The Bertz CT molecular complexity index is 574. The number of carbonyl (C=O) groups is 2. The van der Waals surface area contributed by atoms with Crippen molar-refractivity contribution in [3.63, 3.8) is 0 Å². The molecule has 2 fully saturated rings. The van der Waals surface area contributed by atoms with Crippen LogP contribution >= 0.6 is 11.6 Å². The van der Waals surface area contributed by atoms with Crippen molar-refractivity contribution < 1.29 is 14.7 Å². The maximum Gasteiger partial charge on any atom is 0.326 e. The van der Waals surface area contributed by atoms with E-state index in [2.05, 4.69) is 0 Å². The normalized spacial score (nSPS) is 28.2. The van der Waals surface area contributed by atoms with Crippen LogP contribution < -0.4 is 0 Å². The number of amides is 1. The molecule has 0 spiro atoms. The van der Waals surface area contributed by atoms with E-state index in [4.69, 9.17) is 11.6 Å². The Morgan fingerprint density at radius 1 is 1.24 bits per heavy atom. The number of carboxylic acid groups (broad SMARTS) is 1. The van der Waals surface area contributed by atoms with Crippen LogP contribution in [0.25, 0.3) is 0 Å². The highest BCUT2D eigenvalue weighted by Gasteiger charge is 2.47. The number of carbonyl (C=O) groups excluding carboxylic acids is 1. The molecule has 1 saturated heterocycles. The molecule has 1 N–H and O–H groups in total. The van der Waals surface area contributed by atoms with E-state index >= 15 is 0 Å². The summed E-state index contributed by atoms with van der Waals surface area (Å²) >= 11 is 5.94. The zero-order valence-electron chi connectivity index (χ0n) is 11.7. The molecule has 1 aliphatic heterocycles. The Labute approximate surface area is 128 Å². The van der Waals surface area contributed by atoms with Crippen LogP contribution in [0.1, 0.15) is 42.5 Å². The number of aliphatic carboxylic acids is 1. The Kier molecular flexibility index (Phi) is 3.89. The third-order valence-electron chi connectivity index (χ3n) is 4.68. The number of hydrogen-bond donors (Lipinski definition) is 1. The second-order valence-electron chi connectivity index (χ2n) is 5.92. The van der Waals surface area contributed by atoms with Crippen molar-refractivity contribution in [2.75, 3.05) is 0 Å². The number of rotatable bonds is 2. The molecule has 1 aromatic carbocycles. The van der Waals surface area contributed by atoms with Crippen molar-refractivity contribution in [2.45, 2.75) is 44.2 Å². The monoisotopic (exact) mass is 307 g/mol. The lowest BCUT2D eigenvalue weighted by Crippen LogP contribution is -2.46. The summed E-state index contributed by atoms with van der Waals surface area (Å²) in [6.07, 6.45) is 4.69. The van der Waals surface area contributed by atoms with Gasteiger partial charge in [-0.1, -0.05) is 30.5 Å². The number of likely N-dealkylation sites (tertiary alicyclic amines) is 1. The fraction of sp³-hybridized carbons (Fsp3) is 0.500. The van der Waals surface area contributed by atoms with Gasteiger partial charge in [0, 0.05) is 16.6 Å². The molecule has 1 amide bonds. The first-order valence-electron chi connectivity index (χ1n) is 7.39. The zero-order valence-corrected chi connectivity index (χ0v) is 12.4. The van der Waals surface area contributed by atoms with Gasteiger partial charge in [-0.2, -0.15) is 0 Å². The zero-order chi connectivity index (χ0) is 15.0. The average Bonchev–Trinajstić information content (AvgIpc) is 2.86. The van der Waals surface area contributed by atoms with Crippen LogP contribution in [0.15, 0.2) is 24.3 Å². The molecule has 0 aromatic heterocycles. The Hall–Kier alpha value is -1.55. The Morgan fingerprint density at radius 2 is 2.00 bits per heavy atom. The lowest BCUT2D eigenvalue weighted by atomic mass is 9.84. The summed E-state index contributed by atoms with van der Waals surface area (Å²) in [6.45, 7) is 0.